The van der Waals surface area contributed by atoms with Crippen LogP contribution in [0.5, 0.6) is 5.75 Å². The molecule has 1 aromatic rings. The Morgan fingerprint density at radius 1 is 1.53 bits per heavy atom. The van der Waals surface area contributed by atoms with Gasteiger partial charge in [0.25, 0.3) is 0 Å². The molecule has 0 fully saturated rings. The lowest BCUT2D eigenvalue weighted by Crippen LogP contribution is -2.03. The average molecular weight is 231 g/mol. The van der Waals surface area contributed by atoms with Gasteiger partial charge in [-0.25, -0.2) is 4.79 Å². The molecule has 0 amide bonds. The summed E-state index contributed by atoms with van der Waals surface area (Å²) in [6, 6.07) is 4.27. The maximum absolute atomic E-state index is 10.6. The van der Waals surface area contributed by atoms with Crippen LogP contribution >= 0.6 is 11.6 Å². The van der Waals surface area contributed by atoms with Crippen molar-refractivity contribution in [2.75, 3.05) is 13.4 Å². The third-order valence-electron chi connectivity index (χ3n) is 1.68. The molecule has 0 bridgehead atoms. The number of carboxylic acids is 1. The van der Waals surface area contributed by atoms with E-state index in [0.717, 1.165) is 0 Å². The maximum atomic E-state index is 10.6. The van der Waals surface area contributed by atoms with E-state index in [1.54, 1.807) is 0 Å². The van der Waals surface area contributed by atoms with Gasteiger partial charge in [0.05, 0.1) is 10.6 Å². The lowest BCUT2D eigenvalue weighted by atomic mass is 10.2. The minimum atomic E-state index is -1.02. The van der Waals surface area contributed by atoms with Crippen molar-refractivity contribution in [3.63, 3.8) is 0 Å². The summed E-state index contributed by atoms with van der Waals surface area (Å²) in [4.78, 5) is 10.6. The zero-order chi connectivity index (χ0) is 11.3. The minimum Gasteiger partial charge on any atom is -0.478 e. The highest BCUT2D eigenvalue weighted by molar-refractivity contribution is 6.32. The summed E-state index contributed by atoms with van der Waals surface area (Å²) in [5, 5.41) is 8.95. The number of benzene rings is 1. The van der Waals surface area contributed by atoms with Crippen molar-refractivity contribution in [1.29, 1.82) is 0 Å². The Balaban J connectivity index is 2.70. The molecule has 0 aliphatic carbocycles. The van der Waals surface area contributed by atoms with Gasteiger partial charge in [-0.1, -0.05) is 11.6 Å². The molecule has 0 saturated carbocycles. The second-order valence-electron chi connectivity index (χ2n) is 2.71. The number of ether oxygens (including phenoxy) is 2. The molecule has 82 valence electrons. The Morgan fingerprint density at radius 2 is 2.27 bits per heavy atom. The van der Waals surface area contributed by atoms with Crippen LogP contribution in [0.2, 0.25) is 5.02 Å². The SMILES string of the molecule is CCOCOc1ccc(C(=O)O)cc1Cl. The maximum Gasteiger partial charge on any atom is 0.335 e. The summed E-state index contributed by atoms with van der Waals surface area (Å²) >= 11 is 5.81. The van der Waals surface area contributed by atoms with E-state index in [2.05, 4.69) is 0 Å². The van der Waals surface area contributed by atoms with Gasteiger partial charge in [0.2, 0.25) is 0 Å². The third kappa shape index (κ3) is 3.42. The van der Waals surface area contributed by atoms with Crippen molar-refractivity contribution >= 4 is 17.6 Å². The number of hydrogen-bond acceptors (Lipinski definition) is 3. The molecule has 0 spiro atoms. The van der Waals surface area contributed by atoms with Gasteiger partial charge in [-0.15, -0.1) is 0 Å². The van der Waals surface area contributed by atoms with Gasteiger partial charge in [0, 0.05) is 6.61 Å². The molecule has 0 unspecified atom stereocenters. The molecule has 0 aliphatic rings. The van der Waals surface area contributed by atoms with Gasteiger partial charge in [-0.3, -0.25) is 0 Å². The van der Waals surface area contributed by atoms with Crippen LogP contribution in [-0.4, -0.2) is 24.5 Å². The van der Waals surface area contributed by atoms with Crippen LogP contribution in [0.15, 0.2) is 18.2 Å². The number of hydrogen-bond donors (Lipinski definition) is 1. The Labute approximate surface area is 92.4 Å². The van der Waals surface area contributed by atoms with E-state index in [1.165, 1.54) is 18.2 Å². The lowest BCUT2D eigenvalue weighted by molar-refractivity contribution is 0.0224. The van der Waals surface area contributed by atoms with Gasteiger partial charge in [-0.05, 0) is 25.1 Å². The topological polar surface area (TPSA) is 55.8 Å². The van der Waals surface area contributed by atoms with E-state index >= 15 is 0 Å². The summed E-state index contributed by atoms with van der Waals surface area (Å²) in [7, 11) is 0. The quantitative estimate of drug-likeness (QED) is 0.623. The van der Waals surface area contributed by atoms with Gasteiger partial charge in [0.1, 0.15) is 5.75 Å². The van der Waals surface area contributed by atoms with Crippen LogP contribution in [0.3, 0.4) is 0 Å². The molecule has 0 aliphatic heterocycles. The van der Waals surface area contributed by atoms with E-state index in [-0.39, 0.29) is 17.4 Å². The summed E-state index contributed by atoms with van der Waals surface area (Å²) in [5.74, 6) is -0.608. The Bertz CT molecular complexity index is 351. The van der Waals surface area contributed by atoms with Gasteiger partial charge < -0.3 is 14.6 Å². The number of carbonyl (C=O) groups is 1. The van der Waals surface area contributed by atoms with Gasteiger partial charge in [-0.2, -0.15) is 0 Å². The highest BCUT2D eigenvalue weighted by Gasteiger charge is 2.07. The Kier molecular flexibility index (Phi) is 4.39. The van der Waals surface area contributed by atoms with Crippen molar-refractivity contribution in [2.45, 2.75) is 6.92 Å². The van der Waals surface area contributed by atoms with Gasteiger partial charge >= 0.3 is 5.97 Å². The summed E-state index contributed by atoms with van der Waals surface area (Å²) in [6.45, 7) is 2.49. The number of carboxylic acid groups (broad SMARTS) is 1. The van der Waals surface area contributed by atoms with E-state index in [1.807, 2.05) is 6.92 Å². The minimum absolute atomic E-state index is 0.0998. The molecule has 0 heterocycles. The fourth-order valence-electron chi connectivity index (χ4n) is 0.939. The fraction of sp³-hybridized carbons (Fsp3) is 0.300. The lowest BCUT2D eigenvalue weighted by Gasteiger charge is -2.07. The average Bonchev–Trinajstić information content (AvgIpc) is 2.20. The summed E-state index contributed by atoms with van der Waals surface area (Å²) < 4.78 is 10.1. The van der Waals surface area contributed by atoms with Gasteiger partial charge in [0.15, 0.2) is 6.79 Å². The fourth-order valence-corrected chi connectivity index (χ4v) is 1.17. The molecular weight excluding hydrogens is 220 g/mol. The molecule has 1 N–H and O–H groups in total. The van der Waals surface area contributed by atoms with Crippen LogP contribution in [0, 0.1) is 0 Å². The molecule has 0 radical (unpaired) electrons. The summed E-state index contributed by atoms with van der Waals surface area (Å²) in [6.07, 6.45) is 0. The van der Waals surface area contributed by atoms with Crippen molar-refractivity contribution in [2.24, 2.45) is 0 Å². The molecule has 0 aromatic heterocycles. The number of halogens is 1. The van der Waals surface area contributed by atoms with Crippen LogP contribution in [0.1, 0.15) is 17.3 Å². The zero-order valence-electron chi connectivity index (χ0n) is 8.20. The molecule has 5 heteroatoms. The van der Waals surface area contributed by atoms with Crippen LogP contribution < -0.4 is 4.74 Å². The van der Waals surface area contributed by atoms with Crippen molar-refractivity contribution < 1.29 is 19.4 Å². The number of aromatic carboxylic acids is 1. The third-order valence-corrected chi connectivity index (χ3v) is 1.98. The highest BCUT2D eigenvalue weighted by Crippen LogP contribution is 2.25. The Hall–Kier alpha value is -1.26. The van der Waals surface area contributed by atoms with Crippen LogP contribution in [-0.2, 0) is 4.74 Å². The molecule has 4 nitrogen and oxygen atoms in total. The first-order valence-electron chi connectivity index (χ1n) is 4.38. The van der Waals surface area contributed by atoms with Crippen molar-refractivity contribution in [1.82, 2.24) is 0 Å². The highest BCUT2D eigenvalue weighted by atomic mass is 35.5. The van der Waals surface area contributed by atoms with E-state index < -0.39 is 5.97 Å². The van der Waals surface area contributed by atoms with E-state index in [0.29, 0.717) is 12.4 Å². The predicted octanol–water partition coefficient (Wildman–Crippen LogP) is 2.41. The molecule has 0 atom stereocenters. The second kappa shape index (κ2) is 5.58. The molecule has 1 aromatic carbocycles. The number of rotatable bonds is 5. The van der Waals surface area contributed by atoms with Crippen LogP contribution in [0.4, 0.5) is 0 Å². The summed E-state index contributed by atoms with van der Waals surface area (Å²) in [5.41, 5.74) is 0.128. The largest absolute Gasteiger partial charge is 0.478 e. The van der Waals surface area contributed by atoms with E-state index in [9.17, 15) is 4.79 Å². The first-order chi connectivity index (χ1) is 7.15. The standard InChI is InChI=1S/C10H11ClO4/c1-2-14-6-15-9-4-3-7(10(12)13)5-8(9)11/h3-5H,2,6H2,1H3,(H,12,13). The van der Waals surface area contributed by atoms with Crippen molar-refractivity contribution in [3.8, 4) is 5.75 Å². The Morgan fingerprint density at radius 3 is 2.80 bits per heavy atom. The zero-order valence-corrected chi connectivity index (χ0v) is 8.95. The van der Waals surface area contributed by atoms with Crippen LogP contribution in [0.25, 0.3) is 0 Å². The molecular formula is C10H11ClO4. The second-order valence-corrected chi connectivity index (χ2v) is 3.11. The molecule has 15 heavy (non-hydrogen) atoms. The van der Waals surface area contributed by atoms with E-state index in [4.69, 9.17) is 26.2 Å². The molecule has 0 saturated heterocycles. The predicted molar refractivity (Wildman–Crippen MR) is 55.5 cm³/mol. The molecule has 1 rings (SSSR count). The monoisotopic (exact) mass is 230 g/mol. The smallest absolute Gasteiger partial charge is 0.335 e. The van der Waals surface area contributed by atoms with Crippen molar-refractivity contribution in [3.05, 3.63) is 28.8 Å². The normalized spacial score (nSPS) is 10.0. The first kappa shape index (κ1) is 11.8. The first-order valence-corrected chi connectivity index (χ1v) is 4.76.